The predicted octanol–water partition coefficient (Wildman–Crippen LogP) is 3.97. The maximum Gasteiger partial charge on any atom is 0.325 e. The van der Waals surface area contributed by atoms with Gasteiger partial charge in [0.15, 0.2) is 11.5 Å². The van der Waals surface area contributed by atoms with Crippen molar-refractivity contribution in [1.29, 1.82) is 0 Å². The second kappa shape index (κ2) is 10.5. The van der Waals surface area contributed by atoms with E-state index in [1.807, 2.05) is 71.6 Å². The van der Waals surface area contributed by atoms with Crippen molar-refractivity contribution in [2.75, 3.05) is 44.3 Å². The summed E-state index contributed by atoms with van der Waals surface area (Å²) in [5.74, 6) is 1.28. The summed E-state index contributed by atoms with van der Waals surface area (Å²) >= 11 is 0. The lowest BCUT2D eigenvalue weighted by atomic mass is 10.1. The molecule has 0 aromatic heterocycles. The van der Waals surface area contributed by atoms with Gasteiger partial charge in [0.2, 0.25) is 5.91 Å². The number of hydrogen-bond donors (Lipinski definition) is 0. The van der Waals surface area contributed by atoms with Crippen molar-refractivity contribution in [3.05, 3.63) is 90.0 Å². The van der Waals surface area contributed by atoms with Crippen LogP contribution in [0.4, 0.5) is 10.5 Å². The number of rotatable bonds is 8. The molecule has 0 spiro atoms. The third kappa shape index (κ3) is 5.40. The van der Waals surface area contributed by atoms with E-state index in [0.717, 1.165) is 17.7 Å². The number of urea groups is 1. The van der Waals surface area contributed by atoms with Crippen LogP contribution in [-0.2, 0) is 17.8 Å². The van der Waals surface area contributed by atoms with E-state index in [0.29, 0.717) is 50.9 Å². The highest BCUT2D eigenvalue weighted by atomic mass is 16.6. The Morgan fingerprint density at radius 1 is 0.829 bits per heavy atom. The van der Waals surface area contributed by atoms with Crippen molar-refractivity contribution in [1.82, 2.24) is 9.80 Å². The smallest absolute Gasteiger partial charge is 0.325 e. The molecule has 3 amide bonds. The van der Waals surface area contributed by atoms with Crippen molar-refractivity contribution in [3.63, 3.8) is 0 Å². The van der Waals surface area contributed by atoms with E-state index in [4.69, 9.17) is 9.47 Å². The third-order valence-electron chi connectivity index (χ3n) is 6.34. The molecule has 0 saturated carbocycles. The van der Waals surface area contributed by atoms with Crippen LogP contribution >= 0.6 is 0 Å². The first kappa shape index (κ1) is 22.8. The summed E-state index contributed by atoms with van der Waals surface area (Å²) in [4.78, 5) is 31.7. The summed E-state index contributed by atoms with van der Waals surface area (Å²) in [6.07, 6.45) is 0.761. The minimum Gasteiger partial charge on any atom is -0.486 e. The molecule has 180 valence electrons. The van der Waals surface area contributed by atoms with Crippen LogP contribution in [-0.4, -0.2) is 61.1 Å². The Kier molecular flexibility index (Phi) is 6.84. The Hall–Kier alpha value is -4.00. The van der Waals surface area contributed by atoms with Gasteiger partial charge in [0, 0.05) is 37.9 Å². The van der Waals surface area contributed by atoms with Crippen LogP contribution in [0.15, 0.2) is 78.9 Å². The summed E-state index contributed by atoms with van der Waals surface area (Å²) in [6.45, 7) is 3.19. The largest absolute Gasteiger partial charge is 0.486 e. The summed E-state index contributed by atoms with van der Waals surface area (Å²) in [5.41, 5.74) is 3.00. The molecule has 35 heavy (non-hydrogen) atoms. The summed E-state index contributed by atoms with van der Waals surface area (Å²) in [6, 6.07) is 25.5. The van der Waals surface area contributed by atoms with E-state index >= 15 is 0 Å². The number of ether oxygens (including phenoxy) is 2. The molecule has 7 heteroatoms. The Morgan fingerprint density at radius 3 is 2.26 bits per heavy atom. The van der Waals surface area contributed by atoms with Crippen LogP contribution in [0.5, 0.6) is 11.5 Å². The van der Waals surface area contributed by atoms with Crippen LogP contribution in [0.25, 0.3) is 0 Å². The van der Waals surface area contributed by atoms with E-state index in [1.165, 1.54) is 5.56 Å². The van der Waals surface area contributed by atoms with E-state index < -0.39 is 0 Å². The molecule has 3 aromatic carbocycles. The molecule has 0 aliphatic carbocycles. The maximum absolute atomic E-state index is 13.4. The fraction of sp³-hybridized carbons (Fsp3) is 0.286. The monoisotopic (exact) mass is 471 g/mol. The lowest BCUT2D eigenvalue weighted by molar-refractivity contribution is -0.132. The number of anilines is 1. The minimum absolute atomic E-state index is 0.0536. The quantitative estimate of drug-likeness (QED) is 0.499. The average Bonchev–Trinajstić information content (AvgIpc) is 3.27. The van der Waals surface area contributed by atoms with Crippen molar-refractivity contribution in [2.45, 2.75) is 13.0 Å². The second-order valence-corrected chi connectivity index (χ2v) is 8.72. The van der Waals surface area contributed by atoms with E-state index in [2.05, 4.69) is 12.1 Å². The molecule has 1 saturated heterocycles. The van der Waals surface area contributed by atoms with Crippen molar-refractivity contribution in [3.8, 4) is 11.5 Å². The van der Waals surface area contributed by atoms with Crippen molar-refractivity contribution < 1.29 is 19.1 Å². The van der Waals surface area contributed by atoms with Gasteiger partial charge in [-0.25, -0.2) is 4.79 Å². The Labute approximate surface area is 205 Å². The van der Waals surface area contributed by atoms with Crippen LogP contribution in [0.1, 0.15) is 11.1 Å². The topological polar surface area (TPSA) is 62.3 Å². The predicted molar refractivity (Wildman–Crippen MR) is 134 cm³/mol. The molecule has 0 radical (unpaired) electrons. The Bertz CT molecular complexity index is 1170. The van der Waals surface area contributed by atoms with Crippen LogP contribution in [0.2, 0.25) is 0 Å². The molecule has 0 unspecified atom stereocenters. The van der Waals surface area contributed by atoms with E-state index in [1.54, 1.807) is 9.80 Å². The molecular formula is C28H29N3O4. The Morgan fingerprint density at radius 2 is 1.51 bits per heavy atom. The molecule has 0 N–H and O–H groups in total. The van der Waals surface area contributed by atoms with Gasteiger partial charge in [-0.1, -0.05) is 60.7 Å². The zero-order valence-electron chi connectivity index (χ0n) is 19.6. The molecule has 7 nitrogen and oxygen atoms in total. The fourth-order valence-electron chi connectivity index (χ4n) is 4.44. The number of benzene rings is 3. The van der Waals surface area contributed by atoms with Crippen LogP contribution < -0.4 is 14.4 Å². The van der Waals surface area contributed by atoms with Gasteiger partial charge in [-0.15, -0.1) is 0 Å². The third-order valence-corrected chi connectivity index (χ3v) is 6.34. The zero-order valence-corrected chi connectivity index (χ0v) is 19.6. The number of carbonyl (C=O) groups is 2. The van der Waals surface area contributed by atoms with Gasteiger partial charge in [0.25, 0.3) is 0 Å². The Balaban J connectivity index is 1.26. The molecule has 2 aliphatic heterocycles. The molecule has 0 bridgehead atoms. The number of hydrogen-bond acceptors (Lipinski definition) is 4. The number of fused-ring (bicyclic) bond motifs is 1. The van der Waals surface area contributed by atoms with Crippen molar-refractivity contribution >= 4 is 17.6 Å². The van der Waals surface area contributed by atoms with E-state index in [-0.39, 0.29) is 18.5 Å². The highest BCUT2D eigenvalue weighted by Gasteiger charge is 2.32. The van der Waals surface area contributed by atoms with Crippen LogP contribution in [0.3, 0.4) is 0 Å². The molecule has 5 rings (SSSR count). The lowest BCUT2D eigenvalue weighted by Gasteiger charge is -2.26. The van der Waals surface area contributed by atoms with Gasteiger partial charge < -0.3 is 19.3 Å². The summed E-state index contributed by atoms with van der Waals surface area (Å²) in [5, 5.41) is 0. The van der Waals surface area contributed by atoms with Gasteiger partial charge in [-0.2, -0.15) is 0 Å². The second-order valence-electron chi connectivity index (χ2n) is 8.72. The maximum atomic E-state index is 13.4. The minimum atomic E-state index is -0.169. The first-order valence-electron chi connectivity index (χ1n) is 12.0. The van der Waals surface area contributed by atoms with Gasteiger partial charge in [0.1, 0.15) is 19.8 Å². The molecule has 1 fully saturated rings. The first-order valence-corrected chi connectivity index (χ1v) is 12.0. The van der Waals surface area contributed by atoms with Gasteiger partial charge in [0.05, 0.1) is 0 Å². The summed E-state index contributed by atoms with van der Waals surface area (Å²) in [7, 11) is 0. The van der Waals surface area contributed by atoms with E-state index in [9.17, 15) is 9.59 Å². The molecule has 2 heterocycles. The highest BCUT2D eigenvalue weighted by molar-refractivity contribution is 5.96. The zero-order chi connectivity index (χ0) is 24.0. The SMILES string of the molecule is O=C(CN1CCN(c2ccc3c(c2)OCCO3)C1=O)N(CCc1ccccc1)Cc1ccccc1. The standard InChI is InChI=1S/C28H29N3O4/c32-27(29(20-23-9-5-2-6-10-23)14-13-22-7-3-1-4-8-22)21-30-15-16-31(28(30)33)24-11-12-25-26(19-24)35-18-17-34-25/h1-12,19H,13-18,20-21H2. The molecule has 2 aliphatic rings. The molecule has 3 aromatic rings. The fourth-order valence-corrected chi connectivity index (χ4v) is 4.44. The average molecular weight is 472 g/mol. The molecular weight excluding hydrogens is 442 g/mol. The normalized spacial score (nSPS) is 14.8. The number of carbonyl (C=O) groups excluding carboxylic acids is 2. The molecule has 0 atom stereocenters. The van der Waals surface area contributed by atoms with Gasteiger partial charge >= 0.3 is 6.03 Å². The number of amides is 3. The van der Waals surface area contributed by atoms with Crippen LogP contribution in [0, 0.1) is 0 Å². The van der Waals surface area contributed by atoms with Gasteiger partial charge in [-0.05, 0) is 29.7 Å². The first-order chi connectivity index (χ1) is 17.2. The number of nitrogens with zero attached hydrogens (tertiary/aromatic N) is 3. The lowest BCUT2D eigenvalue weighted by Crippen LogP contribution is -2.42. The highest BCUT2D eigenvalue weighted by Crippen LogP contribution is 2.35. The van der Waals surface area contributed by atoms with Crippen molar-refractivity contribution in [2.24, 2.45) is 0 Å². The summed E-state index contributed by atoms with van der Waals surface area (Å²) < 4.78 is 11.2. The van der Waals surface area contributed by atoms with Gasteiger partial charge in [-0.3, -0.25) is 9.69 Å².